The van der Waals surface area contributed by atoms with E-state index < -0.39 is 6.04 Å². The molecule has 2 atom stereocenters. The van der Waals surface area contributed by atoms with Crippen LogP contribution in [0.25, 0.3) is 0 Å². The van der Waals surface area contributed by atoms with E-state index in [4.69, 9.17) is 4.99 Å². The summed E-state index contributed by atoms with van der Waals surface area (Å²) in [6, 6.07) is 10.8. The van der Waals surface area contributed by atoms with Crippen LogP contribution in [0.3, 0.4) is 0 Å². The van der Waals surface area contributed by atoms with E-state index in [-0.39, 0.29) is 35.4 Å². The summed E-state index contributed by atoms with van der Waals surface area (Å²) in [5.74, 6) is -0.0365. The molecule has 2 aliphatic heterocycles. The predicted octanol–water partition coefficient (Wildman–Crippen LogP) is 4.37. The number of aliphatic imine (C=N–C) groups is 2. The smallest absolute Gasteiger partial charge is 0.259 e. The van der Waals surface area contributed by atoms with Crippen molar-refractivity contribution in [2.45, 2.75) is 75.7 Å². The fourth-order valence-electron chi connectivity index (χ4n) is 4.85. The van der Waals surface area contributed by atoms with Crippen LogP contribution < -0.4 is 10.6 Å². The fourth-order valence-corrected chi connectivity index (χ4v) is 6.52. The summed E-state index contributed by atoms with van der Waals surface area (Å²) in [5, 5.41) is 8.11. The molecule has 2 aromatic rings. The molecule has 0 bridgehead atoms. The van der Waals surface area contributed by atoms with Crippen molar-refractivity contribution < 1.29 is 14.4 Å². The molecule has 1 aromatic carbocycles. The Morgan fingerprint density at radius 2 is 1.97 bits per heavy atom. The van der Waals surface area contributed by atoms with Gasteiger partial charge in [-0.2, -0.15) is 0 Å². The molecule has 3 amide bonds. The Bertz CT molecular complexity index is 1220. The Morgan fingerprint density at radius 1 is 1.16 bits per heavy atom. The van der Waals surface area contributed by atoms with E-state index in [1.54, 1.807) is 11.3 Å². The van der Waals surface area contributed by atoms with E-state index in [1.165, 1.54) is 23.1 Å². The fraction of sp³-hybridized carbons (Fsp3) is 0.444. The highest BCUT2D eigenvalue weighted by atomic mass is 32.2. The van der Waals surface area contributed by atoms with Gasteiger partial charge in [0.05, 0.1) is 23.9 Å². The van der Waals surface area contributed by atoms with Crippen molar-refractivity contribution in [3.8, 4) is 0 Å². The van der Waals surface area contributed by atoms with Gasteiger partial charge in [0.2, 0.25) is 11.8 Å². The van der Waals surface area contributed by atoms with Crippen molar-refractivity contribution in [3.63, 3.8) is 0 Å². The van der Waals surface area contributed by atoms with Gasteiger partial charge in [0.1, 0.15) is 11.9 Å². The number of carbonyl (C=O) groups is 3. The van der Waals surface area contributed by atoms with Gasteiger partial charge in [-0.05, 0) is 42.8 Å². The SMILES string of the molecule is CC[C@@H](SC1=Nc2ccccc2C2=N[C@H](CC(=O)NCc3cccs3)C(=O)N12)C(=O)NC1CCCCC1. The number of thioether (sulfide) groups is 1. The highest BCUT2D eigenvalue weighted by Crippen LogP contribution is 2.35. The van der Waals surface area contributed by atoms with Crippen molar-refractivity contribution in [1.29, 1.82) is 0 Å². The normalized spacial score (nSPS) is 20.0. The number of amidine groups is 2. The molecule has 0 spiro atoms. The molecule has 10 heteroatoms. The minimum absolute atomic E-state index is 0.0180. The summed E-state index contributed by atoms with van der Waals surface area (Å²) in [4.78, 5) is 51.3. The Balaban J connectivity index is 1.32. The first-order valence-electron chi connectivity index (χ1n) is 12.9. The lowest BCUT2D eigenvalue weighted by Crippen LogP contribution is -2.45. The van der Waals surface area contributed by atoms with E-state index in [0.29, 0.717) is 29.7 Å². The number of nitrogens with one attached hydrogen (secondary N) is 2. The number of para-hydroxylation sites is 1. The number of nitrogens with zero attached hydrogens (tertiary/aromatic N) is 3. The number of amides is 3. The average Bonchev–Trinajstić information content (AvgIpc) is 3.55. The number of hydrogen-bond acceptors (Lipinski definition) is 7. The molecule has 5 rings (SSSR count). The van der Waals surface area contributed by atoms with Crippen molar-refractivity contribution in [2.24, 2.45) is 9.98 Å². The second-order valence-electron chi connectivity index (χ2n) is 9.47. The standard InChI is InChI=1S/C27H31N5O3S2/c1-2-22(25(34)29-17-9-4-3-5-10-17)37-27-31-20-13-7-6-12-19(20)24-30-21(26(35)32(24)27)15-23(33)28-16-18-11-8-14-36-18/h6-8,11-14,17,21-22H,2-5,9-10,15-16H2,1H3,(H,28,33)(H,29,34)/t21-,22-/m1/s1. The quantitative estimate of drug-likeness (QED) is 0.522. The Hall–Kier alpha value is -2.98. The molecule has 8 nitrogen and oxygen atoms in total. The summed E-state index contributed by atoms with van der Waals surface area (Å²) in [6.07, 6.45) is 6.10. The summed E-state index contributed by atoms with van der Waals surface area (Å²) in [6.45, 7) is 2.40. The molecular weight excluding hydrogens is 506 g/mol. The Morgan fingerprint density at radius 3 is 2.73 bits per heavy atom. The van der Waals surface area contributed by atoms with E-state index >= 15 is 0 Å². The topological polar surface area (TPSA) is 103 Å². The maximum atomic E-state index is 13.5. The van der Waals surface area contributed by atoms with Gasteiger partial charge in [-0.15, -0.1) is 11.3 Å². The van der Waals surface area contributed by atoms with Gasteiger partial charge in [0.25, 0.3) is 5.91 Å². The number of benzene rings is 1. The number of rotatable bonds is 8. The number of fused-ring (bicyclic) bond motifs is 3. The molecule has 37 heavy (non-hydrogen) atoms. The summed E-state index contributed by atoms with van der Waals surface area (Å²) >= 11 is 2.87. The summed E-state index contributed by atoms with van der Waals surface area (Å²) in [7, 11) is 0. The maximum Gasteiger partial charge on any atom is 0.259 e. The van der Waals surface area contributed by atoms with E-state index in [2.05, 4.69) is 15.6 Å². The lowest BCUT2D eigenvalue weighted by molar-refractivity contribution is -0.128. The number of thiophene rings is 1. The van der Waals surface area contributed by atoms with E-state index in [9.17, 15) is 14.4 Å². The van der Waals surface area contributed by atoms with Gasteiger partial charge in [-0.3, -0.25) is 19.4 Å². The van der Waals surface area contributed by atoms with Gasteiger partial charge < -0.3 is 10.6 Å². The van der Waals surface area contributed by atoms with Crippen molar-refractivity contribution in [1.82, 2.24) is 15.5 Å². The molecular formula is C27H31N5O3S2. The second-order valence-corrected chi connectivity index (χ2v) is 11.7. The molecule has 2 N–H and O–H groups in total. The molecule has 1 fully saturated rings. The van der Waals surface area contributed by atoms with Crippen LogP contribution in [-0.2, 0) is 20.9 Å². The zero-order chi connectivity index (χ0) is 25.8. The molecule has 1 aliphatic carbocycles. The summed E-state index contributed by atoms with van der Waals surface area (Å²) in [5.41, 5.74) is 1.46. The first-order chi connectivity index (χ1) is 18.0. The van der Waals surface area contributed by atoms with Gasteiger partial charge >= 0.3 is 0 Å². The van der Waals surface area contributed by atoms with Crippen LogP contribution in [0.5, 0.6) is 0 Å². The van der Waals surface area contributed by atoms with Crippen LogP contribution in [0.2, 0.25) is 0 Å². The Kier molecular flexibility index (Phi) is 8.05. The third kappa shape index (κ3) is 5.80. The lowest BCUT2D eigenvalue weighted by atomic mass is 9.95. The van der Waals surface area contributed by atoms with Gasteiger partial charge in [-0.1, -0.05) is 56.1 Å². The zero-order valence-corrected chi connectivity index (χ0v) is 22.4. The molecule has 0 unspecified atom stereocenters. The molecule has 1 aromatic heterocycles. The van der Waals surface area contributed by atoms with Crippen molar-refractivity contribution >= 4 is 57.5 Å². The third-order valence-electron chi connectivity index (χ3n) is 6.83. The molecule has 3 heterocycles. The molecule has 3 aliphatic rings. The summed E-state index contributed by atoms with van der Waals surface area (Å²) < 4.78 is 0. The Labute approximate surface area is 225 Å². The minimum Gasteiger partial charge on any atom is -0.352 e. The molecule has 1 saturated carbocycles. The molecule has 194 valence electrons. The van der Waals surface area contributed by atoms with Crippen LogP contribution in [0.1, 0.15) is 62.3 Å². The van der Waals surface area contributed by atoms with Crippen LogP contribution >= 0.6 is 23.1 Å². The van der Waals surface area contributed by atoms with Crippen LogP contribution in [0.4, 0.5) is 5.69 Å². The van der Waals surface area contributed by atoms with Crippen LogP contribution in [-0.4, -0.2) is 51.0 Å². The zero-order valence-electron chi connectivity index (χ0n) is 20.8. The van der Waals surface area contributed by atoms with Crippen molar-refractivity contribution in [3.05, 3.63) is 52.2 Å². The van der Waals surface area contributed by atoms with Crippen LogP contribution in [0, 0.1) is 0 Å². The second kappa shape index (κ2) is 11.6. The van der Waals surface area contributed by atoms with Gasteiger partial charge in [-0.25, -0.2) is 9.89 Å². The highest BCUT2D eigenvalue weighted by Gasteiger charge is 2.43. The third-order valence-corrected chi connectivity index (χ3v) is 9.02. The van der Waals surface area contributed by atoms with E-state index in [0.717, 1.165) is 36.1 Å². The predicted molar refractivity (Wildman–Crippen MR) is 148 cm³/mol. The van der Waals surface area contributed by atoms with Crippen molar-refractivity contribution in [2.75, 3.05) is 0 Å². The number of hydrogen-bond donors (Lipinski definition) is 2. The lowest BCUT2D eigenvalue weighted by Gasteiger charge is -2.29. The largest absolute Gasteiger partial charge is 0.352 e. The first-order valence-corrected chi connectivity index (χ1v) is 14.7. The van der Waals surface area contributed by atoms with E-state index in [1.807, 2.05) is 48.7 Å². The molecule has 0 saturated heterocycles. The van der Waals surface area contributed by atoms with Gasteiger partial charge in [0, 0.05) is 16.5 Å². The monoisotopic (exact) mass is 537 g/mol. The first kappa shape index (κ1) is 25.7. The maximum absolute atomic E-state index is 13.5. The van der Waals surface area contributed by atoms with Crippen LogP contribution in [0.15, 0.2) is 51.8 Å². The van der Waals surface area contributed by atoms with Gasteiger partial charge in [0.15, 0.2) is 5.17 Å². The minimum atomic E-state index is -0.827. The molecule has 0 radical (unpaired) electrons. The average molecular weight is 538 g/mol. The number of carbonyl (C=O) groups excluding carboxylic acids is 3. The highest BCUT2D eigenvalue weighted by molar-refractivity contribution is 8.15.